The van der Waals surface area contributed by atoms with Crippen LogP contribution < -0.4 is 0 Å². The fraction of sp³-hybridized carbons (Fsp3) is 0. The maximum Gasteiger partial charge on any atom is 0.356 e. The Kier molecular flexibility index (Phi) is 3.35. The highest BCUT2D eigenvalue weighted by atomic mass is 32.2. The van der Waals surface area contributed by atoms with Crippen LogP contribution in [0.25, 0.3) is 10.8 Å². The summed E-state index contributed by atoms with van der Waals surface area (Å²) in [6.07, 6.45) is 2.80. The summed E-state index contributed by atoms with van der Waals surface area (Å²) in [4.78, 5) is 19.8. The summed E-state index contributed by atoms with van der Waals surface area (Å²) in [6.45, 7) is 0. The molecule has 0 saturated carbocycles. The van der Waals surface area contributed by atoms with Crippen LogP contribution in [0, 0.1) is 0 Å². The van der Waals surface area contributed by atoms with E-state index in [1.54, 1.807) is 6.20 Å². The van der Waals surface area contributed by atoms with E-state index >= 15 is 0 Å². The van der Waals surface area contributed by atoms with Gasteiger partial charge >= 0.3 is 5.97 Å². The number of hydrogen-bond acceptors (Lipinski definition) is 4. The van der Waals surface area contributed by atoms with Gasteiger partial charge in [0.15, 0.2) is 5.69 Å². The predicted molar refractivity (Wildman–Crippen MR) is 77.1 cm³/mol. The zero-order valence-corrected chi connectivity index (χ0v) is 11.2. The van der Waals surface area contributed by atoms with Gasteiger partial charge < -0.3 is 5.11 Å². The Balaban J connectivity index is 1.92. The molecule has 0 aliphatic rings. The lowest BCUT2D eigenvalue weighted by atomic mass is 10.1. The molecule has 0 spiro atoms. The van der Waals surface area contributed by atoms with Gasteiger partial charge in [-0.1, -0.05) is 42.1 Å². The Hall–Kier alpha value is -2.40. The highest BCUT2D eigenvalue weighted by Crippen LogP contribution is 2.28. The summed E-state index contributed by atoms with van der Waals surface area (Å²) >= 11 is 1.40. The van der Waals surface area contributed by atoms with Crippen LogP contribution in [0.4, 0.5) is 0 Å². The molecule has 4 nitrogen and oxygen atoms in total. The first-order valence-electron chi connectivity index (χ1n) is 5.94. The van der Waals surface area contributed by atoms with E-state index < -0.39 is 5.97 Å². The minimum absolute atomic E-state index is 0.0456. The summed E-state index contributed by atoms with van der Waals surface area (Å²) in [6, 6.07) is 14.1. The SMILES string of the molecule is O=C(O)c1cncc(Sc2ccc3ccccc3c2)n1. The van der Waals surface area contributed by atoms with E-state index in [4.69, 9.17) is 5.11 Å². The van der Waals surface area contributed by atoms with Crippen molar-refractivity contribution in [2.75, 3.05) is 0 Å². The second-order valence-electron chi connectivity index (χ2n) is 4.16. The normalized spacial score (nSPS) is 10.6. The molecule has 1 N–H and O–H groups in total. The number of carboxylic acids is 1. The molecule has 3 rings (SSSR count). The van der Waals surface area contributed by atoms with E-state index in [1.165, 1.54) is 23.3 Å². The summed E-state index contributed by atoms with van der Waals surface area (Å²) in [5.41, 5.74) is -0.0456. The van der Waals surface area contributed by atoms with Crippen molar-refractivity contribution in [3.63, 3.8) is 0 Å². The standard InChI is InChI=1S/C15H10N2O2S/c18-15(19)13-8-16-9-14(17-13)20-12-6-5-10-3-1-2-4-11(10)7-12/h1-9H,(H,18,19). The fourth-order valence-electron chi connectivity index (χ4n) is 1.85. The maximum atomic E-state index is 10.9. The molecule has 5 heteroatoms. The first-order valence-corrected chi connectivity index (χ1v) is 6.76. The van der Waals surface area contributed by atoms with Crippen LogP contribution in [0.1, 0.15) is 10.5 Å². The van der Waals surface area contributed by atoms with Gasteiger partial charge in [-0.2, -0.15) is 0 Å². The van der Waals surface area contributed by atoms with E-state index in [9.17, 15) is 4.79 Å². The molecular weight excluding hydrogens is 272 g/mol. The smallest absolute Gasteiger partial charge is 0.356 e. The molecule has 98 valence electrons. The van der Waals surface area contributed by atoms with Gasteiger partial charge in [-0.3, -0.25) is 4.98 Å². The quantitative estimate of drug-likeness (QED) is 0.796. The molecule has 0 unspecified atom stereocenters. The second kappa shape index (κ2) is 5.30. The molecule has 0 amide bonds. The first kappa shape index (κ1) is 12.6. The summed E-state index contributed by atoms with van der Waals surface area (Å²) in [7, 11) is 0. The third-order valence-electron chi connectivity index (χ3n) is 2.77. The topological polar surface area (TPSA) is 63.1 Å². The van der Waals surface area contributed by atoms with Crippen molar-refractivity contribution >= 4 is 28.5 Å². The lowest BCUT2D eigenvalue weighted by molar-refractivity contribution is 0.0689. The number of benzene rings is 2. The number of nitrogens with zero attached hydrogens (tertiary/aromatic N) is 2. The number of aromatic carboxylic acids is 1. The third kappa shape index (κ3) is 2.62. The van der Waals surface area contributed by atoms with Gasteiger partial charge in [-0.15, -0.1) is 0 Å². The van der Waals surface area contributed by atoms with Crippen LogP contribution in [0.2, 0.25) is 0 Å². The van der Waals surface area contributed by atoms with E-state index in [0.717, 1.165) is 10.3 Å². The van der Waals surface area contributed by atoms with Gasteiger partial charge in [-0.25, -0.2) is 9.78 Å². The van der Waals surface area contributed by atoms with Crippen molar-refractivity contribution in [3.05, 3.63) is 60.6 Å². The maximum absolute atomic E-state index is 10.9. The Morgan fingerprint density at radius 2 is 1.85 bits per heavy atom. The third-order valence-corrected chi connectivity index (χ3v) is 3.67. The highest BCUT2D eigenvalue weighted by Gasteiger charge is 2.07. The van der Waals surface area contributed by atoms with E-state index in [1.807, 2.05) is 30.3 Å². The van der Waals surface area contributed by atoms with Gasteiger partial charge in [0.1, 0.15) is 5.03 Å². The summed E-state index contributed by atoms with van der Waals surface area (Å²) < 4.78 is 0. The minimum Gasteiger partial charge on any atom is -0.476 e. The van der Waals surface area contributed by atoms with Crippen molar-refractivity contribution in [1.29, 1.82) is 0 Å². The van der Waals surface area contributed by atoms with Crippen molar-refractivity contribution in [3.8, 4) is 0 Å². The molecule has 20 heavy (non-hydrogen) atoms. The second-order valence-corrected chi connectivity index (χ2v) is 5.25. The average Bonchev–Trinajstić information content (AvgIpc) is 2.47. The number of fused-ring (bicyclic) bond motifs is 1. The molecule has 0 atom stereocenters. The average molecular weight is 282 g/mol. The number of rotatable bonds is 3. The predicted octanol–water partition coefficient (Wildman–Crippen LogP) is 3.48. The number of carboxylic acid groups (broad SMARTS) is 1. The van der Waals surface area contributed by atoms with Crippen molar-refractivity contribution in [2.45, 2.75) is 9.92 Å². The monoisotopic (exact) mass is 282 g/mol. The van der Waals surface area contributed by atoms with Crippen LogP contribution in [-0.2, 0) is 0 Å². The summed E-state index contributed by atoms with van der Waals surface area (Å²) in [5.74, 6) is -1.07. The van der Waals surface area contributed by atoms with E-state index in [2.05, 4.69) is 22.1 Å². The molecule has 1 heterocycles. The number of hydrogen-bond donors (Lipinski definition) is 1. The molecule has 0 aliphatic heterocycles. The van der Waals surface area contributed by atoms with Gasteiger partial charge in [0.05, 0.1) is 12.4 Å². The van der Waals surface area contributed by atoms with Crippen LogP contribution in [0.3, 0.4) is 0 Å². The molecule has 0 fully saturated rings. The lowest BCUT2D eigenvalue weighted by Crippen LogP contribution is -2.01. The molecular formula is C15H10N2O2S. The van der Waals surface area contributed by atoms with Gasteiger partial charge in [-0.05, 0) is 22.9 Å². The minimum atomic E-state index is -1.07. The molecule has 2 aromatic carbocycles. The molecule has 3 aromatic rings. The Labute approximate surface area is 119 Å². The van der Waals surface area contributed by atoms with Crippen LogP contribution in [-0.4, -0.2) is 21.0 Å². The van der Waals surface area contributed by atoms with Crippen LogP contribution in [0.5, 0.6) is 0 Å². The van der Waals surface area contributed by atoms with Gasteiger partial charge in [0, 0.05) is 4.90 Å². The van der Waals surface area contributed by atoms with Gasteiger partial charge in [0.2, 0.25) is 0 Å². The number of aromatic nitrogens is 2. The first-order chi connectivity index (χ1) is 9.72. The lowest BCUT2D eigenvalue weighted by Gasteiger charge is -2.03. The molecule has 0 bridgehead atoms. The Morgan fingerprint density at radius 1 is 1.05 bits per heavy atom. The molecule has 0 radical (unpaired) electrons. The molecule has 1 aromatic heterocycles. The zero-order chi connectivity index (χ0) is 13.9. The van der Waals surface area contributed by atoms with Crippen LogP contribution >= 0.6 is 11.8 Å². The van der Waals surface area contributed by atoms with Crippen LogP contribution in [0.15, 0.2) is 64.8 Å². The largest absolute Gasteiger partial charge is 0.476 e. The molecule has 0 aliphatic carbocycles. The van der Waals surface area contributed by atoms with E-state index in [0.29, 0.717) is 5.03 Å². The Morgan fingerprint density at radius 3 is 2.65 bits per heavy atom. The van der Waals surface area contributed by atoms with Crippen molar-refractivity contribution in [1.82, 2.24) is 9.97 Å². The summed E-state index contributed by atoms with van der Waals surface area (Å²) in [5, 5.41) is 11.8. The van der Waals surface area contributed by atoms with E-state index in [-0.39, 0.29) is 5.69 Å². The molecule has 0 saturated heterocycles. The number of carbonyl (C=O) groups is 1. The Bertz CT molecular complexity index is 789. The zero-order valence-electron chi connectivity index (χ0n) is 10.4. The highest BCUT2D eigenvalue weighted by molar-refractivity contribution is 7.99. The van der Waals surface area contributed by atoms with Gasteiger partial charge in [0.25, 0.3) is 0 Å². The van der Waals surface area contributed by atoms with Crippen molar-refractivity contribution in [2.24, 2.45) is 0 Å². The van der Waals surface area contributed by atoms with Crippen molar-refractivity contribution < 1.29 is 9.90 Å². The fourth-order valence-corrected chi connectivity index (χ4v) is 2.67.